The van der Waals surface area contributed by atoms with E-state index in [4.69, 9.17) is 4.74 Å². The van der Waals surface area contributed by atoms with Crippen LogP contribution >= 0.6 is 0 Å². The fraction of sp³-hybridized carbons (Fsp3) is 0.200. The van der Waals surface area contributed by atoms with Gasteiger partial charge in [0.15, 0.2) is 0 Å². The first kappa shape index (κ1) is 18.6. The van der Waals surface area contributed by atoms with E-state index in [0.29, 0.717) is 5.69 Å². The lowest BCUT2D eigenvalue weighted by Crippen LogP contribution is -2.09. The van der Waals surface area contributed by atoms with Crippen LogP contribution in [0.2, 0.25) is 0 Å². The van der Waals surface area contributed by atoms with Crippen LogP contribution in [-0.4, -0.2) is 28.2 Å². The molecular formula is C25H22N2O3. The van der Waals surface area contributed by atoms with E-state index in [0.717, 1.165) is 47.0 Å². The van der Waals surface area contributed by atoms with Gasteiger partial charge in [0.25, 0.3) is 0 Å². The number of methoxy groups -OCH3 is 1. The number of fused-ring (bicyclic) bond motifs is 2. The molecule has 0 spiro atoms. The third-order valence-corrected chi connectivity index (χ3v) is 5.83. The summed E-state index contributed by atoms with van der Waals surface area (Å²) >= 11 is 0. The maximum Gasteiger partial charge on any atom is 0.356 e. The number of nitrogens with zero attached hydrogens (tertiary/aromatic N) is 1. The third-order valence-electron chi connectivity index (χ3n) is 5.83. The summed E-state index contributed by atoms with van der Waals surface area (Å²) in [5, 5.41) is 12.4. The fourth-order valence-electron chi connectivity index (χ4n) is 4.37. The SMILES string of the molecule is COC(=O)c1cccc(C(O)c2c(-c3ccccc3)[nH]c3cc4c(cc23)CCC4)n1. The molecule has 1 aliphatic carbocycles. The van der Waals surface area contributed by atoms with Crippen LogP contribution in [0.5, 0.6) is 0 Å². The Morgan fingerprint density at radius 1 is 1.07 bits per heavy atom. The van der Waals surface area contributed by atoms with Crippen LogP contribution in [-0.2, 0) is 17.6 Å². The summed E-state index contributed by atoms with van der Waals surface area (Å²) in [4.78, 5) is 19.8. The Kier molecular flexibility index (Phi) is 4.60. The highest BCUT2D eigenvalue weighted by atomic mass is 16.5. The van der Waals surface area contributed by atoms with Crippen molar-refractivity contribution in [1.29, 1.82) is 0 Å². The van der Waals surface area contributed by atoms with Crippen molar-refractivity contribution in [3.63, 3.8) is 0 Å². The minimum Gasteiger partial charge on any atom is -0.464 e. The van der Waals surface area contributed by atoms with E-state index in [2.05, 4.69) is 22.1 Å². The summed E-state index contributed by atoms with van der Waals surface area (Å²) in [6.07, 6.45) is 2.32. The van der Waals surface area contributed by atoms with E-state index >= 15 is 0 Å². The average molecular weight is 398 g/mol. The van der Waals surface area contributed by atoms with Crippen molar-refractivity contribution in [2.75, 3.05) is 7.11 Å². The van der Waals surface area contributed by atoms with Gasteiger partial charge in [0.05, 0.1) is 18.5 Å². The third kappa shape index (κ3) is 3.08. The number of aromatic nitrogens is 2. The zero-order chi connectivity index (χ0) is 20.7. The predicted octanol–water partition coefficient (Wildman–Crippen LogP) is 4.59. The van der Waals surface area contributed by atoms with Gasteiger partial charge in [0.1, 0.15) is 11.8 Å². The molecule has 0 bridgehead atoms. The number of aromatic amines is 1. The maximum absolute atomic E-state index is 11.9. The highest BCUT2D eigenvalue weighted by Gasteiger charge is 2.25. The van der Waals surface area contributed by atoms with Gasteiger partial charge in [-0.2, -0.15) is 0 Å². The number of nitrogens with one attached hydrogen (secondary N) is 1. The smallest absolute Gasteiger partial charge is 0.356 e. The zero-order valence-corrected chi connectivity index (χ0v) is 16.7. The first-order valence-electron chi connectivity index (χ1n) is 10.1. The molecular weight excluding hydrogens is 376 g/mol. The van der Waals surface area contributed by atoms with E-state index in [1.54, 1.807) is 18.2 Å². The Bertz CT molecular complexity index is 1240. The lowest BCUT2D eigenvalue weighted by molar-refractivity contribution is 0.0593. The molecule has 2 heterocycles. The van der Waals surface area contributed by atoms with Gasteiger partial charge in [-0.15, -0.1) is 0 Å². The number of ether oxygens (including phenoxy) is 1. The molecule has 2 N–H and O–H groups in total. The average Bonchev–Trinajstić information content (AvgIpc) is 3.40. The second-order valence-corrected chi connectivity index (χ2v) is 7.64. The Morgan fingerprint density at radius 3 is 2.60 bits per heavy atom. The van der Waals surface area contributed by atoms with Crippen molar-refractivity contribution in [1.82, 2.24) is 9.97 Å². The maximum atomic E-state index is 11.9. The number of hydrogen-bond donors (Lipinski definition) is 2. The van der Waals surface area contributed by atoms with Crippen molar-refractivity contribution in [3.8, 4) is 11.3 Å². The van der Waals surface area contributed by atoms with Crippen LogP contribution in [0.1, 0.15) is 45.4 Å². The summed E-state index contributed by atoms with van der Waals surface area (Å²) in [5.74, 6) is -0.524. The van der Waals surface area contributed by atoms with Crippen molar-refractivity contribution in [3.05, 3.63) is 88.7 Å². The van der Waals surface area contributed by atoms with Crippen LogP contribution < -0.4 is 0 Å². The second kappa shape index (κ2) is 7.43. The van der Waals surface area contributed by atoms with Crippen molar-refractivity contribution in [2.45, 2.75) is 25.4 Å². The topological polar surface area (TPSA) is 75.2 Å². The van der Waals surface area contributed by atoms with Gasteiger partial charge in [-0.05, 0) is 60.2 Å². The second-order valence-electron chi connectivity index (χ2n) is 7.64. The first-order valence-corrected chi connectivity index (χ1v) is 10.1. The molecule has 30 heavy (non-hydrogen) atoms. The number of H-pyrrole nitrogens is 1. The van der Waals surface area contributed by atoms with Gasteiger partial charge in [0, 0.05) is 16.5 Å². The molecule has 0 amide bonds. The molecule has 0 saturated heterocycles. The number of rotatable bonds is 4. The quantitative estimate of drug-likeness (QED) is 0.493. The molecule has 4 aromatic rings. The van der Waals surface area contributed by atoms with E-state index in [-0.39, 0.29) is 5.69 Å². The minimum absolute atomic E-state index is 0.177. The molecule has 1 aliphatic rings. The number of aryl methyl sites for hydroxylation is 2. The Hall–Kier alpha value is -3.44. The number of esters is 1. The van der Waals surface area contributed by atoms with Gasteiger partial charge < -0.3 is 14.8 Å². The Balaban J connectivity index is 1.71. The minimum atomic E-state index is -0.988. The number of hydrogen-bond acceptors (Lipinski definition) is 4. The monoisotopic (exact) mass is 398 g/mol. The Morgan fingerprint density at radius 2 is 1.83 bits per heavy atom. The fourth-order valence-corrected chi connectivity index (χ4v) is 4.37. The Labute approximate surface area is 174 Å². The molecule has 0 radical (unpaired) electrons. The first-order chi connectivity index (χ1) is 14.7. The summed E-state index contributed by atoms with van der Waals surface area (Å²) in [6, 6.07) is 19.4. The molecule has 150 valence electrons. The van der Waals surface area contributed by atoms with Crippen molar-refractivity contribution in [2.24, 2.45) is 0 Å². The van der Waals surface area contributed by atoms with Gasteiger partial charge in [-0.1, -0.05) is 36.4 Å². The van der Waals surface area contributed by atoms with Gasteiger partial charge in [-0.3, -0.25) is 0 Å². The molecule has 2 aromatic heterocycles. The summed E-state index contributed by atoms with van der Waals surface area (Å²) < 4.78 is 4.79. The van der Waals surface area contributed by atoms with Gasteiger partial charge in [-0.25, -0.2) is 9.78 Å². The van der Waals surface area contributed by atoms with E-state index in [9.17, 15) is 9.90 Å². The van der Waals surface area contributed by atoms with Crippen LogP contribution in [0.15, 0.2) is 60.7 Å². The molecule has 0 saturated carbocycles. The number of aliphatic hydroxyl groups excluding tert-OH is 1. The van der Waals surface area contributed by atoms with Crippen LogP contribution in [0.25, 0.3) is 22.2 Å². The standard InChI is InChI=1S/C25H22N2O3/c1-30-25(29)20-12-6-11-19(26-20)24(28)22-18-13-16-9-5-10-17(16)14-21(18)27-23(22)15-7-3-2-4-8-15/h2-4,6-8,11-14,24,27-28H,5,9-10H2,1H3. The van der Waals surface area contributed by atoms with Crippen LogP contribution in [0, 0.1) is 0 Å². The highest BCUT2D eigenvalue weighted by molar-refractivity contribution is 5.93. The zero-order valence-electron chi connectivity index (χ0n) is 16.7. The van der Waals surface area contributed by atoms with Crippen molar-refractivity contribution >= 4 is 16.9 Å². The number of aliphatic hydroxyl groups is 1. The van der Waals surface area contributed by atoms with Crippen LogP contribution in [0.3, 0.4) is 0 Å². The number of pyridine rings is 1. The molecule has 1 atom stereocenters. The van der Waals surface area contributed by atoms with Crippen molar-refractivity contribution < 1.29 is 14.6 Å². The predicted molar refractivity (Wildman–Crippen MR) is 115 cm³/mol. The highest BCUT2D eigenvalue weighted by Crippen LogP contribution is 2.39. The molecule has 5 rings (SSSR count). The number of carbonyl (C=O) groups is 1. The lowest BCUT2D eigenvalue weighted by atomic mass is 9.96. The molecule has 5 heteroatoms. The van der Waals surface area contributed by atoms with E-state index in [1.807, 2.05) is 30.3 Å². The summed E-state index contributed by atoms with van der Waals surface area (Å²) in [7, 11) is 1.32. The van der Waals surface area contributed by atoms with Crippen LogP contribution in [0.4, 0.5) is 0 Å². The van der Waals surface area contributed by atoms with E-state index < -0.39 is 12.1 Å². The molecule has 0 fully saturated rings. The summed E-state index contributed by atoms with van der Waals surface area (Å²) in [6.45, 7) is 0. The van der Waals surface area contributed by atoms with Gasteiger partial charge in [0.2, 0.25) is 0 Å². The lowest BCUT2D eigenvalue weighted by Gasteiger charge is -2.14. The molecule has 0 aliphatic heterocycles. The number of benzene rings is 2. The summed E-state index contributed by atoms with van der Waals surface area (Å²) in [5.41, 5.74) is 6.95. The molecule has 1 unspecified atom stereocenters. The number of carbonyl (C=O) groups excluding carboxylic acids is 1. The molecule has 2 aromatic carbocycles. The van der Waals surface area contributed by atoms with E-state index in [1.165, 1.54) is 18.2 Å². The molecule has 5 nitrogen and oxygen atoms in total. The normalized spacial score (nSPS) is 13.9. The largest absolute Gasteiger partial charge is 0.464 e. The van der Waals surface area contributed by atoms with Gasteiger partial charge >= 0.3 is 5.97 Å².